The van der Waals surface area contributed by atoms with Gasteiger partial charge >= 0.3 is 5.97 Å². The van der Waals surface area contributed by atoms with Crippen LogP contribution in [-0.2, 0) is 25.5 Å². The highest BCUT2D eigenvalue weighted by Gasteiger charge is 2.30. The number of esters is 1. The first-order valence-electron chi connectivity index (χ1n) is 11.0. The van der Waals surface area contributed by atoms with Gasteiger partial charge in [-0.25, -0.2) is 0 Å². The molecule has 2 atom stereocenters. The lowest BCUT2D eigenvalue weighted by Gasteiger charge is -2.28. The summed E-state index contributed by atoms with van der Waals surface area (Å²) < 4.78 is 17.7. The molecule has 8 heteroatoms. The molecular formula is C23H35Cl2NO4S. The number of carbonyl (C=O) groups excluding carboxylic acids is 2. The quantitative estimate of drug-likeness (QED) is 0.174. The van der Waals surface area contributed by atoms with E-state index >= 15 is 0 Å². The third-order valence-corrected chi connectivity index (χ3v) is 7.38. The van der Waals surface area contributed by atoms with Crippen molar-refractivity contribution in [3.63, 3.8) is 0 Å². The number of ether oxygens (including phenoxy) is 1. The van der Waals surface area contributed by atoms with E-state index < -0.39 is 17.1 Å². The number of hydrogen-bond acceptors (Lipinski definition) is 4. The average molecular weight is 493 g/mol. The number of carbonyl (C=O) groups is 2. The Bertz CT molecular complexity index is 680. The molecule has 0 saturated heterocycles. The molecule has 0 spiro atoms. The number of unbranched alkanes of at least 4 members (excludes halogenated alkanes) is 4. The summed E-state index contributed by atoms with van der Waals surface area (Å²) in [6, 6.07) is 4.83. The summed E-state index contributed by atoms with van der Waals surface area (Å²) in [6.07, 6.45) is 6.55. The maximum Gasteiger partial charge on any atom is 0.305 e. The molecule has 5 nitrogen and oxygen atoms in total. The van der Waals surface area contributed by atoms with Gasteiger partial charge in [0.15, 0.2) is 4.90 Å². The summed E-state index contributed by atoms with van der Waals surface area (Å²) in [5.74, 6) is -0.810. The highest BCUT2D eigenvalue weighted by molar-refractivity contribution is 7.91. The van der Waals surface area contributed by atoms with E-state index in [1.54, 1.807) is 18.2 Å². The molecule has 0 aliphatic carbocycles. The molecule has 0 aliphatic heterocycles. The predicted molar refractivity (Wildman–Crippen MR) is 128 cm³/mol. The van der Waals surface area contributed by atoms with E-state index in [1.165, 1.54) is 7.11 Å². The van der Waals surface area contributed by atoms with E-state index in [4.69, 9.17) is 27.9 Å². The number of hydrogen-bond donors (Lipinski definition) is 0. The predicted octanol–water partition coefficient (Wildman–Crippen LogP) is 5.88. The fraction of sp³-hybridized carbons (Fsp3) is 0.652. The first kappa shape index (κ1) is 28.1. The van der Waals surface area contributed by atoms with Crippen molar-refractivity contribution in [1.82, 2.24) is 4.90 Å². The van der Waals surface area contributed by atoms with E-state index in [9.17, 15) is 14.1 Å². The number of halogens is 2. The first-order valence-corrected chi connectivity index (χ1v) is 13.1. The zero-order chi connectivity index (χ0) is 23.2. The zero-order valence-electron chi connectivity index (χ0n) is 18.8. The highest BCUT2D eigenvalue weighted by atomic mass is 35.5. The third-order valence-electron chi connectivity index (χ3n) is 5.16. The lowest BCUT2D eigenvalue weighted by Crippen LogP contribution is -2.40. The topological polar surface area (TPSA) is 69.7 Å². The van der Waals surface area contributed by atoms with E-state index in [-0.39, 0.29) is 24.1 Å². The van der Waals surface area contributed by atoms with Crippen LogP contribution < -0.4 is 0 Å². The standard InChI is InChI=1S/C23H35Cl2NO4S/c1-4-6-8-14-26(15-9-7-5-2)23(28)18(10-13-22(27)30-3)17-31(29)19-11-12-20(24)21(25)16-19/h11-12,16,18H,4-10,13-15,17H2,1-3H3. The molecular weight excluding hydrogens is 457 g/mol. The number of rotatable bonds is 15. The second-order valence-corrected chi connectivity index (χ2v) is 9.95. The third kappa shape index (κ3) is 10.5. The molecule has 0 heterocycles. The van der Waals surface area contributed by atoms with Gasteiger partial charge < -0.3 is 14.2 Å². The van der Waals surface area contributed by atoms with Gasteiger partial charge in [0.2, 0.25) is 5.91 Å². The summed E-state index contributed by atoms with van der Waals surface area (Å²) >= 11 is 10.6. The molecule has 176 valence electrons. The van der Waals surface area contributed by atoms with Gasteiger partial charge in [0, 0.05) is 25.6 Å². The maximum absolute atomic E-state index is 13.4. The summed E-state index contributed by atoms with van der Waals surface area (Å²) in [5.41, 5.74) is 0. The van der Waals surface area contributed by atoms with Crippen molar-refractivity contribution in [2.45, 2.75) is 70.1 Å². The summed E-state index contributed by atoms with van der Waals surface area (Å²) in [5, 5.41) is 0.712. The maximum atomic E-state index is 13.4. The molecule has 1 aromatic carbocycles. The monoisotopic (exact) mass is 491 g/mol. The molecule has 2 unspecified atom stereocenters. The fourth-order valence-corrected chi connectivity index (χ4v) is 4.96. The molecule has 1 rings (SSSR count). The van der Waals surface area contributed by atoms with Crippen LogP contribution >= 0.6 is 23.2 Å². The van der Waals surface area contributed by atoms with Crippen molar-refractivity contribution in [3.8, 4) is 0 Å². The average Bonchev–Trinajstić information content (AvgIpc) is 2.76. The fourth-order valence-electron chi connectivity index (χ4n) is 3.27. The van der Waals surface area contributed by atoms with Gasteiger partial charge in [0.05, 0.1) is 23.1 Å². The molecule has 1 aromatic rings. The van der Waals surface area contributed by atoms with Gasteiger partial charge in [0.1, 0.15) is 5.75 Å². The Morgan fingerprint density at radius 3 is 2.19 bits per heavy atom. The number of benzene rings is 1. The van der Waals surface area contributed by atoms with Crippen molar-refractivity contribution >= 4 is 46.3 Å². The summed E-state index contributed by atoms with van der Waals surface area (Å²) in [7, 11) is 1.33. The second kappa shape index (κ2) is 15.8. The van der Waals surface area contributed by atoms with Gasteiger partial charge in [-0.1, -0.05) is 62.7 Å². The zero-order valence-corrected chi connectivity index (χ0v) is 21.2. The summed E-state index contributed by atoms with van der Waals surface area (Å²) in [4.78, 5) is 27.5. The van der Waals surface area contributed by atoms with Crippen LogP contribution in [-0.4, -0.2) is 47.3 Å². The van der Waals surface area contributed by atoms with Crippen molar-refractivity contribution in [2.75, 3.05) is 26.0 Å². The Kier molecular flexibility index (Phi) is 14.3. The van der Waals surface area contributed by atoms with Crippen molar-refractivity contribution < 1.29 is 18.9 Å². The van der Waals surface area contributed by atoms with Crippen molar-refractivity contribution in [3.05, 3.63) is 28.2 Å². The van der Waals surface area contributed by atoms with Crippen LogP contribution in [0.1, 0.15) is 65.2 Å². The van der Waals surface area contributed by atoms with Crippen LogP contribution in [0, 0.1) is 5.92 Å². The van der Waals surface area contributed by atoms with Crippen molar-refractivity contribution in [2.24, 2.45) is 5.92 Å². The van der Waals surface area contributed by atoms with Gasteiger partial charge in [0.25, 0.3) is 0 Å². The minimum Gasteiger partial charge on any atom is -0.611 e. The van der Waals surface area contributed by atoms with Crippen LogP contribution in [0.3, 0.4) is 0 Å². The molecule has 0 saturated carbocycles. The van der Waals surface area contributed by atoms with E-state index in [1.807, 2.05) is 4.90 Å². The molecule has 0 fully saturated rings. The van der Waals surface area contributed by atoms with Crippen LogP contribution in [0.15, 0.2) is 23.1 Å². The molecule has 0 bridgehead atoms. The Labute approximate surface area is 200 Å². The lowest BCUT2D eigenvalue weighted by molar-refractivity contribution is -0.141. The lowest BCUT2D eigenvalue weighted by atomic mass is 10.0. The first-order chi connectivity index (χ1) is 14.8. The van der Waals surface area contributed by atoms with E-state index in [0.717, 1.165) is 38.5 Å². The van der Waals surface area contributed by atoms with Gasteiger partial charge in [-0.05, 0) is 42.6 Å². The van der Waals surface area contributed by atoms with Crippen LogP contribution in [0.25, 0.3) is 0 Å². The largest absolute Gasteiger partial charge is 0.611 e. The van der Waals surface area contributed by atoms with Gasteiger partial charge in [-0.3, -0.25) is 9.59 Å². The minimum atomic E-state index is -1.44. The Morgan fingerprint density at radius 2 is 1.68 bits per heavy atom. The molecule has 0 aromatic heterocycles. The Balaban J connectivity index is 2.97. The number of nitrogens with zero attached hydrogens (tertiary/aromatic N) is 1. The second-order valence-electron chi connectivity index (χ2n) is 7.64. The molecule has 1 amide bonds. The molecule has 0 aliphatic rings. The molecule has 0 radical (unpaired) electrons. The van der Waals surface area contributed by atoms with Crippen LogP contribution in [0.4, 0.5) is 0 Å². The van der Waals surface area contributed by atoms with E-state index in [2.05, 4.69) is 13.8 Å². The Morgan fingerprint density at radius 1 is 1.06 bits per heavy atom. The molecule has 0 N–H and O–H groups in total. The van der Waals surface area contributed by atoms with Crippen LogP contribution in [0.2, 0.25) is 10.0 Å². The van der Waals surface area contributed by atoms with Crippen LogP contribution in [0.5, 0.6) is 0 Å². The number of amides is 1. The highest BCUT2D eigenvalue weighted by Crippen LogP contribution is 2.27. The molecule has 31 heavy (non-hydrogen) atoms. The SMILES string of the molecule is CCCCCN(CCCCC)C(=O)C(CCC(=O)OC)C[S+]([O-])c1ccc(Cl)c(Cl)c1. The van der Waals surface area contributed by atoms with E-state index in [0.29, 0.717) is 34.5 Å². The summed E-state index contributed by atoms with van der Waals surface area (Å²) in [6.45, 7) is 5.63. The minimum absolute atomic E-state index is 0.0375. The normalized spacial score (nSPS) is 13.0. The Hall–Kier alpha value is -0.950. The smallest absolute Gasteiger partial charge is 0.305 e. The number of methoxy groups -OCH3 is 1. The van der Waals surface area contributed by atoms with Crippen molar-refractivity contribution in [1.29, 1.82) is 0 Å². The van der Waals surface area contributed by atoms with Gasteiger partial charge in [-0.2, -0.15) is 0 Å². The van der Waals surface area contributed by atoms with Gasteiger partial charge in [-0.15, -0.1) is 0 Å².